The number of thioether (sulfide) groups is 1. The molecule has 7 nitrogen and oxygen atoms in total. The van der Waals surface area contributed by atoms with Gasteiger partial charge in [-0.05, 0) is 55.8 Å². The Morgan fingerprint density at radius 2 is 1.97 bits per heavy atom. The molecule has 1 atom stereocenters. The topological polar surface area (TPSA) is 73.1 Å². The number of ether oxygens (including phenoxy) is 1. The predicted molar refractivity (Wildman–Crippen MR) is 134 cm³/mol. The third-order valence-corrected chi connectivity index (χ3v) is 6.30. The van der Waals surface area contributed by atoms with Crippen molar-refractivity contribution in [2.75, 3.05) is 13.7 Å². The van der Waals surface area contributed by atoms with Crippen LogP contribution in [0.25, 0.3) is 17.1 Å². The van der Waals surface area contributed by atoms with Gasteiger partial charge in [0.2, 0.25) is 5.91 Å². The van der Waals surface area contributed by atoms with Crippen LogP contribution in [-0.4, -0.2) is 49.5 Å². The first-order valence-corrected chi connectivity index (χ1v) is 12.1. The molecule has 0 aliphatic rings. The van der Waals surface area contributed by atoms with Crippen LogP contribution in [0.15, 0.2) is 78.2 Å². The van der Waals surface area contributed by atoms with Crippen LogP contribution in [0.4, 0.5) is 4.39 Å². The molecular formula is C26H26FN5O2S. The van der Waals surface area contributed by atoms with Crippen LogP contribution < -0.4 is 4.74 Å². The van der Waals surface area contributed by atoms with Crippen LogP contribution in [0.5, 0.6) is 5.75 Å². The van der Waals surface area contributed by atoms with Crippen molar-refractivity contribution >= 4 is 17.7 Å². The highest BCUT2D eigenvalue weighted by Crippen LogP contribution is 2.34. The van der Waals surface area contributed by atoms with E-state index >= 15 is 0 Å². The number of aromatic nitrogens is 4. The molecule has 0 spiro atoms. The van der Waals surface area contributed by atoms with Crippen LogP contribution in [-0.2, 0) is 11.3 Å². The van der Waals surface area contributed by atoms with E-state index in [0.29, 0.717) is 29.9 Å². The monoisotopic (exact) mass is 491 g/mol. The van der Waals surface area contributed by atoms with Gasteiger partial charge in [-0.1, -0.05) is 36.0 Å². The predicted octanol–water partition coefficient (Wildman–Crippen LogP) is 5.01. The summed E-state index contributed by atoms with van der Waals surface area (Å²) in [6.07, 6.45) is 3.42. The average Bonchev–Trinajstić information content (AvgIpc) is 3.27. The summed E-state index contributed by atoms with van der Waals surface area (Å²) in [6.45, 7) is 4.56. The van der Waals surface area contributed by atoms with E-state index < -0.39 is 5.25 Å². The second-order valence-corrected chi connectivity index (χ2v) is 9.18. The lowest BCUT2D eigenvalue weighted by atomic mass is 10.2. The van der Waals surface area contributed by atoms with Crippen LogP contribution in [0.1, 0.15) is 19.4 Å². The van der Waals surface area contributed by atoms with Gasteiger partial charge in [-0.25, -0.2) is 4.39 Å². The van der Waals surface area contributed by atoms with E-state index in [0.717, 1.165) is 16.8 Å². The lowest BCUT2D eigenvalue weighted by molar-refractivity contribution is -0.129. The number of hydrogen-bond donors (Lipinski definition) is 0. The number of pyridine rings is 1. The molecule has 0 aliphatic carbocycles. The fourth-order valence-electron chi connectivity index (χ4n) is 3.67. The molecule has 35 heavy (non-hydrogen) atoms. The molecule has 1 amide bonds. The number of amides is 1. The molecule has 0 saturated heterocycles. The van der Waals surface area contributed by atoms with E-state index in [1.807, 2.05) is 54.8 Å². The zero-order valence-corrected chi connectivity index (χ0v) is 20.6. The second-order valence-electron chi connectivity index (χ2n) is 7.87. The molecule has 0 radical (unpaired) electrons. The van der Waals surface area contributed by atoms with Gasteiger partial charge < -0.3 is 9.64 Å². The van der Waals surface area contributed by atoms with E-state index in [9.17, 15) is 9.18 Å². The third kappa shape index (κ3) is 5.68. The zero-order chi connectivity index (χ0) is 24.8. The zero-order valence-electron chi connectivity index (χ0n) is 19.8. The van der Waals surface area contributed by atoms with Crippen molar-refractivity contribution in [3.8, 4) is 22.8 Å². The smallest absolute Gasteiger partial charge is 0.235 e. The largest absolute Gasteiger partial charge is 0.492 e. The van der Waals surface area contributed by atoms with Crippen molar-refractivity contribution in [3.05, 3.63) is 84.4 Å². The van der Waals surface area contributed by atoms with Gasteiger partial charge in [-0.3, -0.25) is 14.3 Å². The Hall–Kier alpha value is -3.72. The Labute approximate surface area is 208 Å². The Kier molecular flexibility index (Phi) is 7.77. The number of carbonyl (C=O) groups excluding carboxylic acids is 1. The lowest BCUT2D eigenvalue weighted by Gasteiger charge is -2.21. The third-order valence-electron chi connectivity index (χ3n) is 5.27. The maximum absolute atomic E-state index is 13.6. The van der Waals surface area contributed by atoms with Crippen molar-refractivity contribution in [2.45, 2.75) is 30.8 Å². The number of halogens is 1. The van der Waals surface area contributed by atoms with Crippen LogP contribution in [0.3, 0.4) is 0 Å². The highest BCUT2D eigenvalue weighted by Gasteiger charge is 2.25. The molecule has 2 aromatic heterocycles. The van der Waals surface area contributed by atoms with Crippen molar-refractivity contribution in [3.63, 3.8) is 0 Å². The van der Waals surface area contributed by atoms with Crippen LogP contribution in [0, 0.1) is 5.82 Å². The highest BCUT2D eigenvalue weighted by molar-refractivity contribution is 8.00. The molecular weight excluding hydrogens is 465 g/mol. The summed E-state index contributed by atoms with van der Waals surface area (Å²) in [5.74, 6) is 0.856. The van der Waals surface area contributed by atoms with Crippen molar-refractivity contribution in [1.82, 2.24) is 24.6 Å². The summed E-state index contributed by atoms with van der Waals surface area (Å²) >= 11 is 1.31. The molecule has 0 N–H and O–H groups in total. The summed E-state index contributed by atoms with van der Waals surface area (Å²) < 4.78 is 21.3. The molecule has 0 unspecified atom stereocenters. The number of benzene rings is 2. The number of nitrogens with zero attached hydrogens (tertiary/aromatic N) is 5. The summed E-state index contributed by atoms with van der Waals surface area (Å²) in [7, 11) is 1.71. The van der Waals surface area contributed by atoms with Gasteiger partial charge in [0.25, 0.3) is 0 Å². The minimum Gasteiger partial charge on any atom is -0.492 e. The minimum absolute atomic E-state index is 0.102. The molecule has 2 heterocycles. The molecule has 4 aromatic rings. The first-order chi connectivity index (χ1) is 17.0. The number of hydrogen-bond acceptors (Lipinski definition) is 6. The molecule has 180 valence electrons. The number of carbonyl (C=O) groups is 1. The van der Waals surface area contributed by atoms with Gasteiger partial charge in [0.1, 0.15) is 11.6 Å². The summed E-state index contributed by atoms with van der Waals surface area (Å²) in [6, 6.07) is 17.6. The van der Waals surface area contributed by atoms with Gasteiger partial charge in [0.05, 0.1) is 17.5 Å². The van der Waals surface area contributed by atoms with E-state index in [4.69, 9.17) is 4.74 Å². The lowest BCUT2D eigenvalue weighted by Crippen LogP contribution is -2.33. The van der Waals surface area contributed by atoms with Crippen LogP contribution >= 0.6 is 11.8 Å². The van der Waals surface area contributed by atoms with E-state index in [1.165, 1.54) is 23.9 Å². The first-order valence-electron chi connectivity index (χ1n) is 11.2. The Balaban J connectivity index is 1.64. The standard InChI is InChI=1S/C26H26FN5O2S/c1-4-34-23-13-6-5-12-22(23)32-24(20-10-8-14-28-16-20)29-30-26(32)35-18(2)25(33)31(3)17-19-9-7-11-21(27)15-19/h5-16,18H,4,17H2,1-3H3/t18-/m1/s1. The normalized spacial score (nSPS) is 11.8. The van der Waals surface area contributed by atoms with Crippen molar-refractivity contribution in [2.24, 2.45) is 0 Å². The van der Waals surface area contributed by atoms with Gasteiger partial charge in [-0.15, -0.1) is 10.2 Å². The van der Waals surface area contributed by atoms with E-state index in [2.05, 4.69) is 15.2 Å². The van der Waals surface area contributed by atoms with Crippen molar-refractivity contribution < 1.29 is 13.9 Å². The van der Waals surface area contributed by atoms with Crippen molar-refractivity contribution in [1.29, 1.82) is 0 Å². The Morgan fingerprint density at radius 1 is 1.14 bits per heavy atom. The summed E-state index contributed by atoms with van der Waals surface area (Å²) in [5, 5.41) is 8.94. The maximum atomic E-state index is 13.6. The molecule has 4 rings (SSSR count). The molecule has 0 aliphatic heterocycles. The van der Waals surface area contributed by atoms with Gasteiger partial charge >= 0.3 is 0 Å². The van der Waals surface area contributed by atoms with Gasteiger partial charge in [0, 0.05) is 31.5 Å². The average molecular weight is 492 g/mol. The SMILES string of the molecule is CCOc1ccccc1-n1c(S[C@H](C)C(=O)N(C)Cc2cccc(F)c2)nnc1-c1cccnc1. The van der Waals surface area contributed by atoms with E-state index in [-0.39, 0.29) is 11.7 Å². The molecule has 0 saturated carbocycles. The minimum atomic E-state index is -0.461. The second kappa shape index (κ2) is 11.1. The van der Waals surface area contributed by atoms with E-state index in [1.54, 1.807) is 36.5 Å². The number of rotatable bonds is 9. The fraction of sp³-hybridized carbons (Fsp3) is 0.231. The molecule has 2 aromatic carbocycles. The molecule has 0 bridgehead atoms. The quantitative estimate of drug-likeness (QED) is 0.307. The highest BCUT2D eigenvalue weighted by atomic mass is 32.2. The Morgan fingerprint density at radius 3 is 2.71 bits per heavy atom. The van der Waals surface area contributed by atoms with Gasteiger partial charge in [0.15, 0.2) is 11.0 Å². The summed E-state index contributed by atoms with van der Waals surface area (Å²) in [5.41, 5.74) is 2.29. The van der Waals surface area contributed by atoms with Crippen LogP contribution in [0.2, 0.25) is 0 Å². The number of para-hydroxylation sites is 2. The fourth-order valence-corrected chi connectivity index (χ4v) is 4.65. The Bertz CT molecular complexity index is 1300. The summed E-state index contributed by atoms with van der Waals surface area (Å²) in [4.78, 5) is 19.0. The molecule has 9 heteroatoms. The maximum Gasteiger partial charge on any atom is 0.235 e. The first kappa shape index (κ1) is 24.4. The van der Waals surface area contributed by atoms with Gasteiger partial charge in [-0.2, -0.15) is 0 Å². The molecule has 0 fully saturated rings.